The van der Waals surface area contributed by atoms with Crippen LogP contribution in [0.1, 0.15) is 24.1 Å². The molecule has 1 atom stereocenters. The molecule has 0 aliphatic heterocycles. The first-order valence-corrected chi connectivity index (χ1v) is 6.67. The minimum atomic E-state index is -0.128. The fourth-order valence-corrected chi connectivity index (χ4v) is 1.85. The van der Waals surface area contributed by atoms with Crippen LogP contribution in [0.25, 0.3) is 6.08 Å². The molecule has 0 aliphatic carbocycles. The first-order chi connectivity index (χ1) is 9.15. The molecule has 2 N–H and O–H groups in total. The third kappa shape index (κ3) is 4.06. The number of nitrogens with one attached hydrogen (secondary N) is 2. The molecule has 1 aromatic heterocycles. The van der Waals surface area contributed by atoms with Crippen LogP contribution in [0, 0.1) is 0 Å². The Labute approximate surface area is 120 Å². The lowest BCUT2D eigenvalue weighted by molar-refractivity contribution is -0.117. The second kappa shape index (κ2) is 6.33. The van der Waals surface area contributed by atoms with Crippen LogP contribution in [0.15, 0.2) is 47.2 Å². The van der Waals surface area contributed by atoms with Gasteiger partial charge in [0.2, 0.25) is 5.91 Å². The average molecular weight is 320 g/mol. The van der Waals surface area contributed by atoms with E-state index in [1.807, 2.05) is 31.2 Å². The molecule has 4 nitrogen and oxygen atoms in total. The Balaban J connectivity index is 1.92. The van der Waals surface area contributed by atoms with Crippen molar-refractivity contribution in [2.24, 2.45) is 0 Å². The lowest BCUT2D eigenvalue weighted by Crippen LogP contribution is -2.24. The summed E-state index contributed by atoms with van der Waals surface area (Å²) in [5, 5.41) is 9.45. The highest BCUT2D eigenvalue weighted by molar-refractivity contribution is 9.10. The Kier molecular flexibility index (Phi) is 4.52. The molecule has 0 saturated carbocycles. The maximum Gasteiger partial charge on any atom is 0.244 e. The number of carbonyl (C=O) groups is 1. The van der Waals surface area contributed by atoms with Crippen molar-refractivity contribution in [1.29, 1.82) is 0 Å². The normalized spacial score (nSPS) is 12.5. The molecule has 5 heteroatoms. The number of halogens is 1. The summed E-state index contributed by atoms with van der Waals surface area (Å²) >= 11 is 3.37. The second-order valence-corrected chi connectivity index (χ2v) is 5.06. The van der Waals surface area contributed by atoms with Crippen molar-refractivity contribution < 1.29 is 4.79 Å². The van der Waals surface area contributed by atoms with Crippen LogP contribution in [0.4, 0.5) is 0 Å². The van der Waals surface area contributed by atoms with Gasteiger partial charge in [-0.1, -0.05) is 28.1 Å². The van der Waals surface area contributed by atoms with Crippen molar-refractivity contribution in [1.82, 2.24) is 15.5 Å². The standard InChI is InChI=1S/C14H14BrN3O/c1-10(12-8-16-17-9-12)18-14(19)7-4-11-2-5-13(15)6-3-11/h2-10H,1H3,(H,16,17)(H,18,19)/b7-4+. The van der Waals surface area contributed by atoms with Crippen molar-refractivity contribution in [2.45, 2.75) is 13.0 Å². The van der Waals surface area contributed by atoms with Crippen LogP contribution < -0.4 is 5.32 Å². The third-order valence-corrected chi connectivity index (χ3v) is 3.20. The van der Waals surface area contributed by atoms with Gasteiger partial charge in [0.25, 0.3) is 0 Å². The molecule has 2 rings (SSSR count). The van der Waals surface area contributed by atoms with E-state index < -0.39 is 0 Å². The largest absolute Gasteiger partial charge is 0.346 e. The van der Waals surface area contributed by atoms with Crippen LogP contribution in [-0.2, 0) is 4.79 Å². The Morgan fingerprint density at radius 3 is 2.79 bits per heavy atom. The lowest BCUT2D eigenvalue weighted by Gasteiger charge is -2.09. The number of amides is 1. The Bertz CT molecular complexity index is 561. The minimum Gasteiger partial charge on any atom is -0.346 e. The van der Waals surface area contributed by atoms with Gasteiger partial charge in [0.1, 0.15) is 0 Å². The molecule has 0 spiro atoms. The zero-order valence-electron chi connectivity index (χ0n) is 10.4. The van der Waals surface area contributed by atoms with E-state index in [-0.39, 0.29) is 11.9 Å². The van der Waals surface area contributed by atoms with E-state index in [4.69, 9.17) is 0 Å². The summed E-state index contributed by atoms with van der Waals surface area (Å²) in [5.74, 6) is -0.128. The summed E-state index contributed by atoms with van der Waals surface area (Å²) in [4.78, 5) is 11.8. The SMILES string of the molecule is CC(NC(=O)/C=C/c1ccc(Br)cc1)c1cn[nH]c1. The van der Waals surface area contributed by atoms with Gasteiger partial charge < -0.3 is 5.32 Å². The number of benzene rings is 1. The van der Waals surface area contributed by atoms with E-state index >= 15 is 0 Å². The Hall–Kier alpha value is -1.88. The predicted octanol–water partition coefficient (Wildman–Crippen LogP) is 3.06. The van der Waals surface area contributed by atoms with E-state index in [1.54, 1.807) is 18.5 Å². The van der Waals surface area contributed by atoms with Crippen LogP contribution >= 0.6 is 15.9 Å². The van der Waals surface area contributed by atoms with E-state index in [0.717, 1.165) is 15.6 Å². The molecule has 1 aromatic carbocycles. The first-order valence-electron chi connectivity index (χ1n) is 5.88. The summed E-state index contributed by atoms with van der Waals surface area (Å²) in [6.07, 6.45) is 6.77. The van der Waals surface area contributed by atoms with Gasteiger partial charge in [-0.25, -0.2) is 0 Å². The summed E-state index contributed by atoms with van der Waals surface area (Å²) in [6.45, 7) is 1.91. The molecule has 19 heavy (non-hydrogen) atoms. The summed E-state index contributed by atoms with van der Waals surface area (Å²) < 4.78 is 1.02. The number of hydrogen-bond donors (Lipinski definition) is 2. The van der Waals surface area contributed by atoms with Crippen LogP contribution in [0.2, 0.25) is 0 Å². The molecule has 1 unspecified atom stereocenters. The average Bonchev–Trinajstić information content (AvgIpc) is 2.92. The molecule has 0 radical (unpaired) electrons. The minimum absolute atomic E-state index is 0.0687. The summed E-state index contributed by atoms with van der Waals surface area (Å²) in [7, 11) is 0. The fourth-order valence-electron chi connectivity index (χ4n) is 1.59. The number of nitrogens with zero attached hydrogens (tertiary/aromatic N) is 1. The van der Waals surface area contributed by atoms with Gasteiger partial charge in [-0.05, 0) is 30.7 Å². The number of rotatable bonds is 4. The number of carbonyl (C=O) groups excluding carboxylic acids is 1. The molecule has 1 amide bonds. The van der Waals surface area contributed by atoms with Crippen molar-refractivity contribution in [3.05, 3.63) is 58.3 Å². The number of aromatic nitrogens is 2. The molecule has 0 saturated heterocycles. The lowest BCUT2D eigenvalue weighted by atomic mass is 10.2. The maximum atomic E-state index is 11.8. The van der Waals surface area contributed by atoms with Gasteiger partial charge >= 0.3 is 0 Å². The van der Waals surface area contributed by atoms with Gasteiger partial charge in [-0.2, -0.15) is 5.10 Å². The topological polar surface area (TPSA) is 57.8 Å². The molecule has 2 aromatic rings. The third-order valence-electron chi connectivity index (χ3n) is 2.68. The predicted molar refractivity (Wildman–Crippen MR) is 78.3 cm³/mol. The number of hydrogen-bond acceptors (Lipinski definition) is 2. The molecule has 0 bridgehead atoms. The Morgan fingerprint density at radius 1 is 1.42 bits per heavy atom. The van der Waals surface area contributed by atoms with Gasteiger partial charge in [-0.15, -0.1) is 0 Å². The summed E-state index contributed by atoms with van der Waals surface area (Å²) in [5.41, 5.74) is 1.93. The highest BCUT2D eigenvalue weighted by Gasteiger charge is 2.07. The van der Waals surface area contributed by atoms with Gasteiger partial charge in [0.15, 0.2) is 0 Å². The van der Waals surface area contributed by atoms with Gasteiger partial charge in [0.05, 0.1) is 12.2 Å². The second-order valence-electron chi connectivity index (χ2n) is 4.15. The van der Waals surface area contributed by atoms with Crippen molar-refractivity contribution in [3.63, 3.8) is 0 Å². The van der Waals surface area contributed by atoms with Crippen LogP contribution in [-0.4, -0.2) is 16.1 Å². The zero-order valence-corrected chi connectivity index (χ0v) is 12.0. The van der Waals surface area contributed by atoms with Crippen molar-refractivity contribution in [3.8, 4) is 0 Å². The first kappa shape index (κ1) is 13.5. The van der Waals surface area contributed by atoms with Crippen LogP contribution in [0.5, 0.6) is 0 Å². The summed E-state index contributed by atoms with van der Waals surface area (Å²) in [6, 6.07) is 7.68. The maximum absolute atomic E-state index is 11.8. The Morgan fingerprint density at radius 2 is 2.16 bits per heavy atom. The quantitative estimate of drug-likeness (QED) is 0.851. The molecule has 0 fully saturated rings. The molecule has 98 valence electrons. The monoisotopic (exact) mass is 319 g/mol. The highest BCUT2D eigenvalue weighted by atomic mass is 79.9. The van der Waals surface area contributed by atoms with E-state index in [1.165, 1.54) is 6.08 Å². The zero-order chi connectivity index (χ0) is 13.7. The molecule has 1 heterocycles. The van der Waals surface area contributed by atoms with Gasteiger partial charge in [-0.3, -0.25) is 9.89 Å². The smallest absolute Gasteiger partial charge is 0.244 e. The van der Waals surface area contributed by atoms with E-state index in [0.29, 0.717) is 0 Å². The number of H-pyrrole nitrogens is 1. The highest BCUT2D eigenvalue weighted by Crippen LogP contribution is 2.12. The van der Waals surface area contributed by atoms with E-state index in [9.17, 15) is 4.79 Å². The number of aromatic amines is 1. The van der Waals surface area contributed by atoms with Crippen molar-refractivity contribution >= 4 is 27.9 Å². The molecule has 0 aliphatic rings. The van der Waals surface area contributed by atoms with Crippen molar-refractivity contribution in [2.75, 3.05) is 0 Å². The van der Waals surface area contributed by atoms with Crippen LogP contribution in [0.3, 0.4) is 0 Å². The fraction of sp³-hybridized carbons (Fsp3) is 0.143. The van der Waals surface area contributed by atoms with E-state index in [2.05, 4.69) is 31.4 Å². The molecular formula is C14H14BrN3O. The molecular weight excluding hydrogens is 306 g/mol. The van der Waals surface area contributed by atoms with Gasteiger partial charge in [0, 0.05) is 22.3 Å².